The Hall–Kier alpha value is -3.13. The minimum atomic E-state index is -4.39. The summed E-state index contributed by atoms with van der Waals surface area (Å²) in [6, 6.07) is 14.6. The molecule has 3 aromatic rings. The number of alkyl halides is 3. The lowest BCUT2D eigenvalue weighted by Gasteiger charge is -2.22. The summed E-state index contributed by atoms with van der Waals surface area (Å²) in [4.78, 5) is 12.3. The first-order chi connectivity index (χ1) is 14.9. The van der Waals surface area contributed by atoms with Gasteiger partial charge in [-0.25, -0.2) is 0 Å². The summed E-state index contributed by atoms with van der Waals surface area (Å²) in [7, 11) is 0. The molecule has 5 nitrogen and oxygen atoms in total. The van der Waals surface area contributed by atoms with E-state index < -0.39 is 11.7 Å². The number of nitrogens with zero attached hydrogens (tertiary/aromatic N) is 2. The zero-order valence-corrected chi connectivity index (χ0v) is 16.7. The number of hydrogen-bond acceptors (Lipinski definition) is 3. The van der Waals surface area contributed by atoms with E-state index in [9.17, 15) is 18.0 Å². The topological polar surface area (TPSA) is 56.1 Å². The molecule has 1 aliphatic rings. The van der Waals surface area contributed by atoms with Crippen LogP contribution in [0.25, 0.3) is 0 Å². The van der Waals surface area contributed by atoms with Gasteiger partial charge in [-0.1, -0.05) is 42.5 Å². The summed E-state index contributed by atoms with van der Waals surface area (Å²) in [5, 5.41) is 7.47. The zero-order chi connectivity index (χ0) is 21.8. The van der Waals surface area contributed by atoms with Crippen LogP contribution in [0.1, 0.15) is 34.1 Å². The van der Waals surface area contributed by atoms with E-state index in [1.165, 1.54) is 12.1 Å². The first-order valence-electron chi connectivity index (χ1n) is 10.0. The number of benzene rings is 2. The predicted molar refractivity (Wildman–Crippen MR) is 108 cm³/mol. The molecular weight excluding hydrogens is 407 g/mol. The monoisotopic (exact) mass is 429 g/mol. The average Bonchev–Trinajstić information content (AvgIpc) is 3.15. The van der Waals surface area contributed by atoms with E-state index >= 15 is 0 Å². The third kappa shape index (κ3) is 5.32. The molecule has 0 aliphatic carbocycles. The minimum Gasteiger partial charge on any atom is -0.370 e. The Kier molecular flexibility index (Phi) is 6.08. The van der Waals surface area contributed by atoms with Crippen LogP contribution in [0.2, 0.25) is 0 Å². The summed E-state index contributed by atoms with van der Waals surface area (Å²) in [5.41, 5.74) is 2.85. The third-order valence-electron chi connectivity index (χ3n) is 5.18. The van der Waals surface area contributed by atoms with E-state index in [0.717, 1.165) is 35.4 Å². The molecule has 2 heterocycles. The fourth-order valence-electron chi connectivity index (χ4n) is 3.60. The molecule has 0 fully saturated rings. The highest BCUT2D eigenvalue weighted by molar-refractivity contribution is 5.78. The molecule has 1 aliphatic heterocycles. The van der Waals surface area contributed by atoms with Gasteiger partial charge in [0.25, 0.3) is 0 Å². The van der Waals surface area contributed by atoms with Crippen molar-refractivity contribution < 1.29 is 22.7 Å². The Morgan fingerprint density at radius 3 is 2.55 bits per heavy atom. The molecule has 0 radical (unpaired) electrons. The lowest BCUT2D eigenvalue weighted by atomic mass is 10.1. The second kappa shape index (κ2) is 8.93. The first-order valence-corrected chi connectivity index (χ1v) is 10.0. The van der Waals surface area contributed by atoms with E-state index in [2.05, 4.69) is 10.4 Å². The van der Waals surface area contributed by atoms with Gasteiger partial charge in [-0.15, -0.1) is 0 Å². The standard InChI is InChI=1S/C23H22F3N3O2/c24-23(25,26)19-8-6-16(7-9-19)12-21(30)27-13-20-22-18(10-11-31-20)15-29(28-22)14-17-4-2-1-3-5-17/h1-9,15,20H,10-14H2,(H,27,30)/t20-/m0/s1. The number of halogens is 3. The molecule has 0 saturated carbocycles. The van der Waals surface area contributed by atoms with Crippen LogP contribution >= 0.6 is 0 Å². The second-order valence-electron chi connectivity index (χ2n) is 7.51. The summed E-state index contributed by atoms with van der Waals surface area (Å²) in [6.07, 6.45) is -1.96. The van der Waals surface area contributed by atoms with Crippen LogP contribution in [-0.2, 0) is 35.1 Å². The summed E-state index contributed by atoms with van der Waals surface area (Å²) < 4.78 is 45.6. The van der Waals surface area contributed by atoms with Crippen LogP contribution in [0.5, 0.6) is 0 Å². The normalized spacial score (nSPS) is 16.0. The molecule has 162 valence electrons. The molecule has 31 heavy (non-hydrogen) atoms. The van der Waals surface area contributed by atoms with Gasteiger partial charge in [0.1, 0.15) is 6.10 Å². The quantitative estimate of drug-likeness (QED) is 0.646. The van der Waals surface area contributed by atoms with Crippen molar-refractivity contribution in [3.63, 3.8) is 0 Å². The maximum Gasteiger partial charge on any atom is 0.416 e. The molecule has 8 heteroatoms. The van der Waals surface area contributed by atoms with Crippen LogP contribution in [-0.4, -0.2) is 28.8 Å². The summed E-state index contributed by atoms with van der Waals surface area (Å²) >= 11 is 0. The molecule has 0 saturated heterocycles. The maximum atomic E-state index is 12.7. The number of rotatable bonds is 6. The molecule has 1 amide bonds. The van der Waals surface area contributed by atoms with Crippen molar-refractivity contribution in [2.75, 3.05) is 13.2 Å². The van der Waals surface area contributed by atoms with E-state index in [0.29, 0.717) is 18.7 Å². The van der Waals surface area contributed by atoms with Gasteiger partial charge in [-0.05, 0) is 35.2 Å². The van der Waals surface area contributed by atoms with Gasteiger partial charge in [-0.3, -0.25) is 9.48 Å². The second-order valence-corrected chi connectivity index (χ2v) is 7.51. The molecule has 2 aromatic carbocycles. The van der Waals surface area contributed by atoms with Crippen molar-refractivity contribution in [1.29, 1.82) is 0 Å². The van der Waals surface area contributed by atoms with Crippen molar-refractivity contribution in [3.05, 3.63) is 88.7 Å². The van der Waals surface area contributed by atoms with Crippen molar-refractivity contribution in [2.45, 2.75) is 31.7 Å². The number of carbonyl (C=O) groups excluding carboxylic acids is 1. The van der Waals surface area contributed by atoms with E-state index in [1.807, 2.05) is 41.2 Å². The van der Waals surface area contributed by atoms with Crippen molar-refractivity contribution >= 4 is 5.91 Å². The first kappa shape index (κ1) is 21.1. The van der Waals surface area contributed by atoms with Crippen LogP contribution in [0.15, 0.2) is 60.8 Å². The number of amides is 1. The Labute approximate surface area is 177 Å². The van der Waals surface area contributed by atoms with Gasteiger partial charge in [-0.2, -0.15) is 18.3 Å². The lowest BCUT2D eigenvalue weighted by Crippen LogP contribution is -2.32. The van der Waals surface area contributed by atoms with Crippen LogP contribution in [0.4, 0.5) is 13.2 Å². The number of carbonyl (C=O) groups is 1. The Morgan fingerprint density at radius 1 is 1.10 bits per heavy atom. The lowest BCUT2D eigenvalue weighted by molar-refractivity contribution is -0.137. The number of aromatic nitrogens is 2. The number of fused-ring (bicyclic) bond motifs is 1. The molecular formula is C23H22F3N3O2. The highest BCUT2D eigenvalue weighted by atomic mass is 19.4. The molecule has 0 bridgehead atoms. The molecule has 1 aromatic heterocycles. The smallest absolute Gasteiger partial charge is 0.370 e. The number of hydrogen-bond donors (Lipinski definition) is 1. The van der Waals surface area contributed by atoms with Gasteiger partial charge >= 0.3 is 6.18 Å². The minimum absolute atomic E-state index is 0.000161. The largest absolute Gasteiger partial charge is 0.416 e. The van der Waals surface area contributed by atoms with Crippen molar-refractivity contribution in [2.24, 2.45) is 0 Å². The predicted octanol–water partition coefficient (Wildman–Crippen LogP) is 3.92. The molecule has 0 spiro atoms. The molecule has 4 rings (SSSR count). The van der Waals surface area contributed by atoms with Gasteiger partial charge in [0, 0.05) is 12.7 Å². The van der Waals surface area contributed by atoms with Gasteiger partial charge in [0.2, 0.25) is 5.91 Å². The summed E-state index contributed by atoms with van der Waals surface area (Å²) in [5.74, 6) is -0.279. The molecule has 1 atom stereocenters. The number of nitrogens with one attached hydrogen (secondary N) is 1. The highest BCUT2D eigenvalue weighted by Gasteiger charge is 2.30. The van der Waals surface area contributed by atoms with Gasteiger partial charge in [0.05, 0.1) is 30.8 Å². The SMILES string of the molecule is O=C(Cc1ccc(C(F)(F)F)cc1)NC[C@@H]1OCCc2cn(Cc3ccccc3)nc21. The van der Waals surface area contributed by atoms with Crippen LogP contribution in [0, 0.1) is 0 Å². The van der Waals surface area contributed by atoms with E-state index in [4.69, 9.17) is 4.74 Å². The number of ether oxygens (including phenoxy) is 1. The highest BCUT2D eigenvalue weighted by Crippen LogP contribution is 2.29. The Morgan fingerprint density at radius 2 is 1.84 bits per heavy atom. The molecule has 1 N–H and O–H groups in total. The fourth-order valence-corrected chi connectivity index (χ4v) is 3.60. The summed E-state index contributed by atoms with van der Waals surface area (Å²) in [6.45, 7) is 1.46. The van der Waals surface area contributed by atoms with E-state index in [-0.39, 0.29) is 25.0 Å². The Balaban J connectivity index is 1.35. The third-order valence-corrected chi connectivity index (χ3v) is 5.18. The maximum absolute atomic E-state index is 12.7. The fraction of sp³-hybridized carbons (Fsp3) is 0.304. The average molecular weight is 429 g/mol. The zero-order valence-electron chi connectivity index (χ0n) is 16.7. The van der Waals surface area contributed by atoms with Gasteiger partial charge in [0.15, 0.2) is 0 Å². The van der Waals surface area contributed by atoms with Gasteiger partial charge < -0.3 is 10.1 Å². The van der Waals surface area contributed by atoms with Crippen LogP contribution in [0.3, 0.4) is 0 Å². The molecule has 0 unspecified atom stereocenters. The van der Waals surface area contributed by atoms with E-state index in [1.54, 1.807) is 0 Å². The van der Waals surface area contributed by atoms with Crippen molar-refractivity contribution in [3.8, 4) is 0 Å². The van der Waals surface area contributed by atoms with Crippen LogP contribution < -0.4 is 5.32 Å². The Bertz CT molecular complexity index is 1030. The van der Waals surface area contributed by atoms with Crippen molar-refractivity contribution in [1.82, 2.24) is 15.1 Å².